The minimum Gasteiger partial charge on any atom is -0.358 e. The van der Waals surface area contributed by atoms with E-state index in [0.717, 1.165) is 6.61 Å². The van der Waals surface area contributed by atoms with Gasteiger partial charge < -0.3 is 4.74 Å². The van der Waals surface area contributed by atoms with Crippen molar-refractivity contribution in [1.29, 1.82) is 0 Å². The first-order chi connectivity index (χ1) is 5.14. The molecule has 1 saturated heterocycles. The Hall–Kier alpha value is 0.660. The SMILES string of the molecule is CSC1OCCCC(C)(C)S1. The van der Waals surface area contributed by atoms with Crippen LogP contribution < -0.4 is 0 Å². The van der Waals surface area contributed by atoms with E-state index < -0.39 is 0 Å². The molecule has 3 heteroatoms. The van der Waals surface area contributed by atoms with E-state index >= 15 is 0 Å². The van der Waals surface area contributed by atoms with Crippen LogP contribution >= 0.6 is 23.5 Å². The standard InChI is InChI=1S/C8H16OS2/c1-8(2)5-4-6-9-7(10-3)11-8/h7H,4-6H2,1-3H3. The van der Waals surface area contributed by atoms with Crippen LogP contribution in [0.3, 0.4) is 0 Å². The smallest absolute Gasteiger partial charge is 0.150 e. The molecule has 0 amide bonds. The van der Waals surface area contributed by atoms with E-state index in [1.807, 2.05) is 11.8 Å². The van der Waals surface area contributed by atoms with E-state index in [4.69, 9.17) is 4.74 Å². The maximum atomic E-state index is 5.61. The van der Waals surface area contributed by atoms with Crippen molar-refractivity contribution in [2.75, 3.05) is 12.9 Å². The molecule has 0 aliphatic carbocycles. The van der Waals surface area contributed by atoms with E-state index in [2.05, 4.69) is 20.1 Å². The van der Waals surface area contributed by atoms with Crippen molar-refractivity contribution in [2.45, 2.75) is 36.2 Å². The van der Waals surface area contributed by atoms with Crippen LogP contribution in [-0.2, 0) is 4.74 Å². The molecule has 1 unspecified atom stereocenters. The molecule has 1 aliphatic rings. The van der Waals surface area contributed by atoms with Crippen molar-refractivity contribution in [3.8, 4) is 0 Å². The predicted octanol–water partition coefficient (Wildman–Crippen LogP) is 2.96. The number of hydrogen-bond acceptors (Lipinski definition) is 3. The Morgan fingerprint density at radius 1 is 1.55 bits per heavy atom. The second-order valence-corrected chi connectivity index (χ2v) is 6.34. The first-order valence-electron chi connectivity index (χ1n) is 3.96. The zero-order valence-corrected chi connectivity index (χ0v) is 9.06. The minimum absolute atomic E-state index is 0.354. The summed E-state index contributed by atoms with van der Waals surface area (Å²) in [4.78, 5) is 0. The van der Waals surface area contributed by atoms with Crippen molar-refractivity contribution >= 4 is 23.5 Å². The number of thioether (sulfide) groups is 2. The van der Waals surface area contributed by atoms with E-state index in [1.54, 1.807) is 11.8 Å². The molecule has 0 bridgehead atoms. The largest absolute Gasteiger partial charge is 0.358 e. The first kappa shape index (κ1) is 9.75. The van der Waals surface area contributed by atoms with Crippen LogP contribution in [0, 0.1) is 0 Å². The number of rotatable bonds is 1. The lowest BCUT2D eigenvalue weighted by atomic mass is 10.1. The molecule has 0 aromatic carbocycles. The summed E-state index contributed by atoms with van der Waals surface area (Å²) in [5.41, 5.74) is 0. The highest BCUT2D eigenvalue weighted by atomic mass is 32.2. The molecule has 1 aliphatic heterocycles. The van der Waals surface area contributed by atoms with Gasteiger partial charge in [-0.1, -0.05) is 13.8 Å². The fourth-order valence-electron chi connectivity index (χ4n) is 1.15. The molecule has 1 rings (SSSR count). The van der Waals surface area contributed by atoms with Gasteiger partial charge in [-0.15, -0.1) is 23.5 Å². The predicted molar refractivity (Wildman–Crippen MR) is 54.2 cm³/mol. The van der Waals surface area contributed by atoms with Crippen LogP contribution in [0.25, 0.3) is 0 Å². The normalized spacial score (nSPS) is 31.4. The van der Waals surface area contributed by atoms with Crippen molar-refractivity contribution in [3.05, 3.63) is 0 Å². The van der Waals surface area contributed by atoms with Crippen LogP contribution in [0.15, 0.2) is 0 Å². The van der Waals surface area contributed by atoms with Gasteiger partial charge in [-0.3, -0.25) is 0 Å². The van der Waals surface area contributed by atoms with Crippen molar-refractivity contribution in [2.24, 2.45) is 0 Å². The van der Waals surface area contributed by atoms with E-state index in [9.17, 15) is 0 Å². The number of ether oxygens (including phenoxy) is 1. The van der Waals surface area contributed by atoms with Gasteiger partial charge in [0.1, 0.15) is 4.77 Å². The van der Waals surface area contributed by atoms with Gasteiger partial charge in [-0.25, -0.2) is 0 Å². The minimum atomic E-state index is 0.354. The molecule has 1 fully saturated rings. The Balaban J connectivity index is 2.47. The highest BCUT2D eigenvalue weighted by Gasteiger charge is 2.26. The van der Waals surface area contributed by atoms with Crippen molar-refractivity contribution < 1.29 is 4.74 Å². The Morgan fingerprint density at radius 2 is 2.27 bits per heavy atom. The molecule has 1 atom stereocenters. The summed E-state index contributed by atoms with van der Waals surface area (Å²) in [6.07, 6.45) is 4.59. The maximum absolute atomic E-state index is 5.61. The summed E-state index contributed by atoms with van der Waals surface area (Å²) < 4.78 is 6.37. The molecule has 11 heavy (non-hydrogen) atoms. The van der Waals surface area contributed by atoms with Gasteiger partial charge in [0.25, 0.3) is 0 Å². The highest BCUT2D eigenvalue weighted by molar-refractivity contribution is 8.17. The Kier molecular flexibility index (Phi) is 3.59. The molecular formula is C8H16OS2. The topological polar surface area (TPSA) is 9.23 Å². The average molecular weight is 192 g/mol. The lowest BCUT2D eigenvalue weighted by molar-refractivity contribution is 0.163. The van der Waals surface area contributed by atoms with Crippen molar-refractivity contribution in [3.63, 3.8) is 0 Å². The summed E-state index contributed by atoms with van der Waals surface area (Å²) in [5.74, 6) is 0. The fourth-order valence-corrected chi connectivity index (χ4v) is 3.49. The third-order valence-electron chi connectivity index (χ3n) is 1.78. The van der Waals surface area contributed by atoms with Crippen LogP contribution in [0.4, 0.5) is 0 Å². The molecule has 0 saturated carbocycles. The maximum Gasteiger partial charge on any atom is 0.150 e. The molecule has 1 heterocycles. The van der Waals surface area contributed by atoms with Gasteiger partial charge in [0.2, 0.25) is 0 Å². The summed E-state index contributed by atoms with van der Waals surface area (Å²) in [7, 11) is 0. The van der Waals surface area contributed by atoms with Gasteiger partial charge in [0.15, 0.2) is 0 Å². The Bertz CT molecular complexity index is 125. The van der Waals surface area contributed by atoms with Crippen LogP contribution in [0.5, 0.6) is 0 Å². The Labute approximate surface area is 77.6 Å². The third kappa shape index (κ3) is 3.26. The second-order valence-electron chi connectivity index (χ2n) is 3.38. The highest BCUT2D eigenvalue weighted by Crippen LogP contribution is 2.39. The van der Waals surface area contributed by atoms with Gasteiger partial charge >= 0.3 is 0 Å². The Morgan fingerprint density at radius 3 is 2.91 bits per heavy atom. The summed E-state index contributed by atoms with van der Waals surface area (Å²) in [5, 5.41) is 0. The van der Waals surface area contributed by atoms with E-state index in [-0.39, 0.29) is 0 Å². The van der Waals surface area contributed by atoms with Gasteiger partial charge in [-0.05, 0) is 19.1 Å². The first-order valence-corrected chi connectivity index (χ1v) is 6.13. The van der Waals surface area contributed by atoms with Gasteiger partial charge in [0.05, 0.1) is 0 Å². The fraction of sp³-hybridized carbons (Fsp3) is 1.00. The molecule has 0 N–H and O–H groups in total. The molecule has 66 valence electrons. The third-order valence-corrected chi connectivity index (χ3v) is 4.34. The molecule has 0 aromatic rings. The zero-order chi connectivity index (χ0) is 8.32. The summed E-state index contributed by atoms with van der Waals surface area (Å²) >= 11 is 3.75. The zero-order valence-electron chi connectivity index (χ0n) is 7.42. The molecular weight excluding hydrogens is 176 g/mol. The molecule has 1 nitrogen and oxygen atoms in total. The quantitative estimate of drug-likeness (QED) is 0.632. The summed E-state index contributed by atoms with van der Waals surface area (Å²) in [6.45, 7) is 5.53. The lowest BCUT2D eigenvalue weighted by Gasteiger charge is -2.23. The van der Waals surface area contributed by atoms with E-state index in [0.29, 0.717) is 9.52 Å². The molecule has 0 radical (unpaired) electrons. The number of hydrogen-bond donors (Lipinski definition) is 0. The van der Waals surface area contributed by atoms with Crippen LogP contribution in [0.2, 0.25) is 0 Å². The summed E-state index contributed by atoms with van der Waals surface area (Å²) in [6, 6.07) is 0. The van der Waals surface area contributed by atoms with Gasteiger partial charge in [0, 0.05) is 11.4 Å². The lowest BCUT2D eigenvalue weighted by Crippen LogP contribution is -2.15. The monoisotopic (exact) mass is 192 g/mol. The van der Waals surface area contributed by atoms with Crippen LogP contribution in [0.1, 0.15) is 26.7 Å². The van der Waals surface area contributed by atoms with Gasteiger partial charge in [-0.2, -0.15) is 0 Å². The average Bonchev–Trinajstić information content (AvgIpc) is 2.10. The van der Waals surface area contributed by atoms with Crippen LogP contribution in [-0.4, -0.2) is 22.4 Å². The molecule has 0 spiro atoms. The van der Waals surface area contributed by atoms with E-state index in [1.165, 1.54) is 12.8 Å². The molecule has 0 aromatic heterocycles. The second kappa shape index (κ2) is 4.06. The van der Waals surface area contributed by atoms with Crippen molar-refractivity contribution in [1.82, 2.24) is 0 Å².